The summed E-state index contributed by atoms with van der Waals surface area (Å²) >= 11 is 0. The lowest BCUT2D eigenvalue weighted by molar-refractivity contribution is 0.133. The van der Waals surface area contributed by atoms with Crippen LogP contribution >= 0.6 is 0 Å². The molecule has 68 valence electrons. The van der Waals surface area contributed by atoms with E-state index in [9.17, 15) is 8.42 Å². The van der Waals surface area contributed by atoms with Gasteiger partial charge in [-0.05, 0) is 19.3 Å². The molecule has 4 heteroatoms. The predicted octanol–water partition coefficient (Wildman–Crippen LogP) is 0.438. The summed E-state index contributed by atoms with van der Waals surface area (Å²) in [7, 11) is -2.86. The summed E-state index contributed by atoms with van der Waals surface area (Å²) in [5.41, 5.74) is 0. The molecule has 0 aromatic carbocycles. The topological polar surface area (TPSA) is 54.4 Å². The minimum absolute atomic E-state index is 0.0599. The number of hydrogen-bond acceptors (Lipinski definition) is 3. The third kappa shape index (κ3) is 6.31. The molecule has 2 unspecified atom stereocenters. The lowest BCUT2D eigenvalue weighted by atomic mass is 10.0. The van der Waals surface area contributed by atoms with Gasteiger partial charge in [-0.1, -0.05) is 6.92 Å². The largest absolute Gasteiger partial charge is 0.393 e. The first-order chi connectivity index (χ1) is 4.83. The molecule has 0 saturated carbocycles. The Morgan fingerprint density at radius 2 is 1.82 bits per heavy atom. The number of aliphatic hydroxyl groups is 1. The fourth-order valence-electron chi connectivity index (χ4n) is 0.641. The molecule has 0 radical (unpaired) electrons. The minimum Gasteiger partial charge on any atom is -0.393 e. The first kappa shape index (κ1) is 10.9. The first-order valence-corrected chi connectivity index (χ1v) is 5.75. The Labute approximate surface area is 68.3 Å². The van der Waals surface area contributed by atoms with Gasteiger partial charge < -0.3 is 5.11 Å². The van der Waals surface area contributed by atoms with Crippen LogP contribution in [0.15, 0.2) is 0 Å². The number of aliphatic hydroxyl groups excluding tert-OH is 1. The molecule has 0 saturated heterocycles. The van der Waals surface area contributed by atoms with Crippen LogP contribution in [0, 0.1) is 5.92 Å². The van der Waals surface area contributed by atoms with Gasteiger partial charge in [-0.25, -0.2) is 8.42 Å². The zero-order valence-electron chi connectivity index (χ0n) is 7.24. The molecular formula is C7H16O3S. The smallest absolute Gasteiger partial charge is 0.147 e. The molecule has 0 fully saturated rings. The van der Waals surface area contributed by atoms with E-state index in [1.165, 1.54) is 6.26 Å². The molecule has 0 aliphatic rings. The molecule has 0 heterocycles. The Hall–Kier alpha value is -0.0900. The van der Waals surface area contributed by atoms with Crippen molar-refractivity contribution in [2.24, 2.45) is 5.92 Å². The van der Waals surface area contributed by atoms with Crippen molar-refractivity contribution in [3.8, 4) is 0 Å². The van der Waals surface area contributed by atoms with E-state index in [2.05, 4.69) is 0 Å². The number of rotatable bonds is 4. The van der Waals surface area contributed by atoms with E-state index in [1.807, 2.05) is 6.92 Å². The Balaban J connectivity index is 3.72. The molecule has 0 rings (SSSR count). The number of sulfone groups is 1. The van der Waals surface area contributed by atoms with Crippen LogP contribution in [0.25, 0.3) is 0 Å². The van der Waals surface area contributed by atoms with Gasteiger partial charge in [0.25, 0.3) is 0 Å². The average Bonchev–Trinajstić information content (AvgIpc) is 1.80. The lowest BCUT2D eigenvalue weighted by Gasteiger charge is -2.12. The summed E-state index contributed by atoms with van der Waals surface area (Å²) in [4.78, 5) is 0. The third-order valence-electron chi connectivity index (χ3n) is 1.77. The maximum Gasteiger partial charge on any atom is 0.147 e. The Bertz CT molecular complexity index is 194. The Morgan fingerprint density at radius 3 is 2.09 bits per heavy atom. The van der Waals surface area contributed by atoms with Crippen LogP contribution in [0.4, 0.5) is 0 Å². The normalized spacial score (nSPS) is 17.8. The summed E-state index contributed by atoms with van der Waals surface area (Å²) in [6.07, 6.45) is 1.33. The van der Waals surface area contributed by atoms with E-state index >= 15 is 0 Å². The monoisotopic (exact) mass is 180 g/mol. The van der Waals surface area contributed by atoms with Gasteiger partial charge in [0.15, 0.2) is 0 Å². The standard InChI is InChI=1S/C7H16O3S/c1-6(7(2)8)4-5-11(3,9)10/h6-8H,4-5H2,1-3H3. The van der Waals surface area contributed by atoms with E-state index < -0.39 is 15.9 Å². The van der Waals surface area contributed by atoms with Crippen molar-refractivity contribution in [3.05, 3.63) is 0 Å². The van der Waals surface area contributed by atoms with Crippen LogP contribution in [0.3, 0.4) is 0 Å². The van der Waals surface area contributed by atoms with Crippen LogP contribution in [0.5, 0.6) is 0 Å². The Kier molecular flexibility index (Phi) is 4.03. The summed E-state index contributed by atoms with van der Waals surface area (Å²) in [6.45, 7) is 3.52. The van der Waals surface area contributed by atoms with Gasteiger partial charge in [-0.15, -0.1) is 0 Å². The van der Waals surface area contributed by atoms with Crippen LogP contribution in [-0.4, -0.2) is 31.6 Å². The van der Waals surface area contributed by atoms with Gasteiger partial charge in [0.1, 0.15) is 9.84 Å². The molecule has 3 nitrogen and oxygen atoms in total. The van der Waals surface area contributed by atoms with Crippen molar-refractivity contribution in [2.75, 3.05) is 12.0 Å². The van der Waals surface area contributed by atoms with Gasteiger partial charge >= 0.3 is 0 Å². The highest BCUT2D eigenvalue weighted by Crippen LogP contribution is 2.08. The maximum atomic E-state index is 10.7. The average molecular weight is 180 g/mol. The second kappa shape index (κ2) is 4.07. The fraction of sp³-hybridized carbons (Fsp3) is 1.00. The third-order valence-corrected chi connectivity index (χ3v) is 2.74. The van der Waals surface area contributed by atoms with Gasteiger partial charge in [0.05, 0.1) is 11.9 Å². The molecule has 1 N–H and O–H groups in total. The summed E-state index contributed by atoms with van der Waals surface area (Å²) in [5, 5.41) is 9.02. The van der Waals surface area contributed by atoms with Gasteiger partial charge in [0.2, 0.25) is 0 Å². The maximum absolute atomic E-state index is 10.7. The molecule has 0 aliphatic heterocycles. The second-order valence-electron chi connectivity index (χ2n) is 3.14. The van der Waals surface area contributed by atoms with E-state index in [1.54, 1.807) is 6.92 Å². The molecule has 0 spiro atoms. The molecule has 2 atom stereocenters. The van der Waals surface area contributed by atoms with Crippen LogP contribution in [-0.2, 0) is 9.84 Å². The summed E-state index contributed by atoms with van der Waals surface area (Å²) in [6, 6.07) is 0. The first-order valence-electron chi connectivity index (χ1n) is 3.68. The highest BCUT2D eigenvalue weighted by molar-refractivity contribution is 7.90. The van der Waals surface area contributed by atoms with Crippen LogP contribution in [0.2, 0.25) is 0 Å². The number of hydrogen-bond donors (Lipinski definition) is 1. The molecule has 0 amide bonds. The fourth-order valence-corrected chi connectivity index (χ4v) is 1.44. The van der Waals surface area contributed by atoms with E-state index in [-0.39, 0.29) is 11.7 Å². The molecule has 11 heavy (non-hydrogen) atoms. The van der Waals surface area contributed by atoms with Crippen molar-refractivity contribution in [1.82, 2.24) is 0 Å². The van der Waals surface area contributed by atoms with Crippen molar-refractivity contribution in [2.45, 2.75) is 26.4 Å². The van der Waals surface area contributed by atoms with Gasteiger partial charge in [-0.2, -0.15) is 0 Å². The SMILES string of the molecule is CC(O)C(C)CCS(C)(=O)=O. The summed E-state index contributed by atoms with van der Waals surface area (Å²) in [5.74, 6) is 0.226. The minimum atomic E-state index is -2.86. The summed E-state index contributed by atoms with van der Waals surface area (Å²) < 4.78 is 21.4. The van der Waals surface area contributed by atoms with Crippen molar-refractivity contribution >= 4 is 9.84 Å². The highest BCUT2D eigenvalue weighted by Gasteiger charge is 2.11. The highest BCUT2D eigenvalue weighted by atomic mass is 32.2. The Morgan fingerprint density at radius 1 is 1.36 bits per heavy atom. The van der Waals surface area contributed by atoms with Crippen molar-refractivity contribution in [3.63, 3.8) is 0 Å². The second-order valence-corrected chi connectivity index (χ2v) is 5.40. The van der Waals surface area contributed by atoms with Crippen molar-refractivity contribution < 1.29 is 13.5 Å². The molecule has 0 aliphatic carbocycles. The van der Waals surface area contributed by atoms with Gasteiger partial charge in [0, 0.05) is 6.26 Å². The van der Waals surface area contributed by atoms with Crippen LogP contribution in [0.1, 0.15) is 20.3 Å². The zero-order chi connectivity index (χ0) is 9.07. The van der Waals surface area contributed by atoms with E-state index in [4.69, 9.17) is 5.11 Å². The quantitative estimate of drug-likeness (QED) is 0.683. The molecule has 0 aromatic rings. The zero-order valence-corrected chi connectivity index (χ0v) is 8.06. The van der Waals surface area contributed by atoms with Crippen LogP contribution < -0.4 is 0 Å². The molecule has 0 bridgehead atoms. The molecular weight excluding hydrogens is 164 g/mol. The van der Waals surface area contributed by atoms with Gasteiger partial charge in [-0.3, -0.25) is 0 Å². The predicted molar refractivity (Wildman–Crippen MR) is 45.2 cm³/mol. The lowest BCUT2D eigenvalue weighted by Crippen LogP contribution is -2.17. The molecule has 0 aromatic heterocycles. The van der Waals surface area contributed by atoms with Crippen molar-refractivity contribution in [1.29, 1.82) is 0 Å². The van der Waals surface area contributed by atoms with E-state index in [0.717, 1.165) is 0 Å². The van der Waals surface area contributed by atoms with E-state index in [0.29, 0.717) is 6.42 Å².